The number of carbonyl (C=O) groups excluding carboxylic acids is 1. The number of hydrogen-bond donors (Lipinski definition) is 2. The summed E-state index contributed by atoms with van der Waals surface area (Å²) in [7, 11) is 0. The van der Waals surface area contributed by atoms with E-state index >= 15 is 0 Å². The molecule has 0 aromatic rings. The molecule has 1 aliphatic carbocycles. The molecule has 1 amide bonds. The lowest BCUT2D eigenvalue weighted by molar-refractivity contribution is -0.124. The van der Waals surface area contributed by atoms with Gasteiger partial charge in [-0.15, -0.1) is 0 Å². The quantitative estimate of drug-likeness (QED) is 0.750. The first kappa shape index (κ1) is 11.5. The first-order valence-electron chi connectivity index (χ1n) is 7.11. The second kappa shape index (κ2) is 4.94. The molecule has 2 saturated heterocycles. The normalized spacial score (nSPS) is 34.8. The van der Waals surface area contributed by atoms with E-state index < -0.39 is 0 Å². The van der Waals surface area contributed by atoms with Crippen LogP contribution in [0.1, 0.15) is 38.5 Å². The van der Waals surface area contributed by atoms with Crippen LogP contribution in [0.25, 0.3) is 0 Å². The molecule has 3 aliphatic rings. The van der Waals surface area contributed by atoms with Crippen LogP contribution in [0.3, 0.4) is 0 Å². The van der Waals surface area contributed by atoms with Crippen LogP contribution in [0.15, 0.2) is 0 Å². The number of piperidine rings is 1. The molecule has 0 radical (unpaired) electrons. The Labute approximate surface area is 103 Å². The number of likely N-dealkylation sites (tertiary alicyclic amines) is 1. The van der Waals surface area contributed by atoms with Crippen molar-refractivity contribution in [2.24, 2.45) is 0 Å². The summed E-state index contributed by atoms with van der Waals surface area (Å²) < 4.78 is 0. The van der Waals surface area contributed by atoms with E-state index in [0.717, 1.165) is 32.0 Å². The number of hydrogen-bond acceptors (Lipinski definition) is 3. The fourth-order valence-electron chi connectivity index (χ4n) is 3.05. The molecular formula is C13H23N3O. The lowest BCUT2D eigenvalue weighted by atomic mass is 10.0. The molecule has 0 spiro atoms. The summed E-state index contributed by atoms with van der Waals surface area (Å²) in [6.45, 7) is 3.24. The first-order chi connectivity index (χ1) is 8.33. The van der Waals surface area contributed by atoms with E-state index in [2.05, 4.69) is 15.5 Å². The highest BCUT2D eigenvalue weighted by Gasteiger charge is 2.35. The second-order valence-corrected chi connectivity index (χ2v) is 5.72. The highest BCUT2D eigenvalue weighted by atomic mass is 16.2. The fraction of sp³-hybridized carbons (Fsp3) is 0.923. The van der Waals surface area contributed by atoms with Gasteiger partial charge < -0.3 is 10.6 Å². The van der Waals surface area contributed by atoms with E-state index in [-0.39, 0.29) is 11.9 Å². The van der Waals surface area contributed by atoms with Crippen molar-refractivity contribution >= 4 is 5.91 Å². The Bertz CT molecular complexity index is 284. The van der Waals surface area contributed by atoms with Gasteiger partial charge in [0.1, 0.15) is 0 Å². The Morgan fingerprint density at radius 2 is 2.06 bits per heavy atom. The predicted octanol–water partition coefficient (Wildman–Crippen LogP) is 0.481. The summed E-state index contributed by atoms with van der Waals surface area (Å²) >= 11 is 0. The molecule has 17 heavy (non-hydrogen) atoms. The third-order valence-corrected chi connectivity index (χ3v) is 4.26. The Morgan fingerprint density at radius 1 is 1.18 bits per heavy atom. The van der Waals surface area contributed by atoms with Crippen LogP contribution in [0.5, 0.6) is 0 Å². The van der Waals surface area contributed by atoms with Crippen LogP contribution in [-0.4, -0.2) is 48.6 Å². The Morgan fingerprint density at radius 3 is 2.76 bits per heavy atom. The summed E-state index contributed by atoms with van der Waals surface area (Å²) in [4.78, 5) is 14.6. The van der Waals surface area contributed by atoms with Gasteiger partial charge in [0.15, 0.2) is 0 Å². The number of carbonyl (C=O) groups is 1. The molecule has 4 nitrogen and oxygen atoms in total. The maximum Gasteiger partial charge on any atom is 0.237 e. The van der Waals surface area contributed by atoms with Crippen LogP contribution in [0.4, 0.5) is 0 Å². The SMILES string of the molecule is O=C(NC1CCN(C2CC2)C1)C1CCCCN1. The Balaban J connectivity index is 1.44. The minimum absolute atomic E-state index is 0.0683. The van der Waals surface area contributed by atoms with E-state index in [9.17, 15) is 4.79 Å². The average molecular weight is 237 g/mol. The number of rotatable bonds is 3. The molecule has 0 aromatic carbocycles. The van der Waals surface area contributed by atoms with E-state index in [4.69, 9.17) is 0 Å². The molecule has 2 N–H and O–H groups in total. The van der Waals surface area contributed by atoms with Gasteiger partial charge in [0.2, 0.25) is 5.91 Å². The molecule has 96 valence electrons. The van der Waals surface area contributed by atoms with Gasteiger partial charge in [0.05, 0.1) is 6.04 Å². The average Bonchev–Trinajstić information content (AvgIpc) is 3.12. The van der Waals surface area contributed by atoms with Gasteiger partial charge in [-0.3, -0.25) is 9.69 Å². The lowest BCUT2D eigenvalue weighted by Crippen LogP contribution is -2.50. The van der Waals surface area contributed by atoms with Gasteiger partial charge in [0.25, 0.3) is 0 Å². The topological polar surface area (TPSA) is 44.4 Å². The van der Waals surface area contributed by atoms with Crippen molar-refractivity contribution in [1.29, 1.82) is 0 Å². The van der Waals surface area contributed by atoms with Crippen LogP contribution in [-0.2, 0) is 4.79 Å². The van der Waals surface area contributed by atoms with E-state index in [0.29, 0.717) is 6.04 Å². The van der Waals surface area contributed by atoms with Crippen LogP contribution < -0.4 is 10.6 Å². The molecule has 0 bridgehead atoms. The van der Waals surface area contributed by atoms with E-state index in [1.165, 1.54) is 32.2 Å². The predicted molar refractivity (Wildman–Crippen MR) is 66.8 cm³/mol. The fourth-order valence-corrected chi connectivity index (χ4v) is 3.05. The lowest BCUT2D eigenvalue weighted by Gasteiger charge is -2.24. The summed E-state index contributed by atoms with van der Waals surface area (Å²) in [5.74, 6) is 0.229. The molecule has 3 rings (SSSR count). The molecule has 2 heterocycles. The van der Waals surface area contributed by atoms with Crippen molar-refractivity contribution in [3.05, 3.63) is 0 Å². The maximum atomic E-state index is 12.1. The molecule has 2 aliphatic heterocycles. The van der Waals surface area contributed by atoms with Crippen LogP contribution in [0, 0.1) is 0 Å². The second-order valence-electron chi connectivity index (χ2n) is 5.72. The largest absolute Gasteiger partial charge is 0.351 e. The molecule has 2 atom stereocenters. The zero-order valence-corrected chi connectivity index (χ0v) is 10.5. The summed E-state index contributed by atoms with van der Waals surface area (Å²) in [6.07, 6.45) is 7.27. The molecule has 3 fully saturated rings. The van der Waals surface area contributed by atoms with Crippen molar-refractivity contribution in [2.75, 3.05) is 19.6 Å². The maximum absolute atomic E-state index is 12.1. The summed E-state index contributed by atoms with van der Waals surface area (Å²) in [5, 5.41) is 6.53. The smallest absolute Gasteiger partial charge is 0.237 e. The van der Waals surface area contributed by atoms with Gasteiger partial charge in [-0.05, 0) is 38.6 Å². The van der Waals surface area contributed by atoms with Gasteiger partial charge in [-0.1, -0.05) is 6.42 Å². The van der Waals surface area contributed by atoms with Gasteiger partial charge in [0, 0.05) is 25.2 Å². The summed E-state index contributed by atoms with van der Waals surface area (Å²) in [5.41, 5.74) is 0. The van der Waals surface area contributed by atoms with Crippen molar-refractivity contribution in [1.82, 2.24) is 15.5 Å². The van der Waals surface area contributed by atoms with Gasteiger partial charge in [-0.25, -0.2) is 0 Å². The van der Waals surface area contributed by atoms with E-state index in [1.807, 2.05) is 0 Å². The Kier molecular flexibility index (Phi) is 3.34. The van der Waals surface area contributed by atoms with Crippen molar-refractivity contribution < 1.29 is 4.79 Å². The van der Waals surface area contributed by atoms with Gasteiger partial charge in [-0.2, -0.15) is 0 Å². The number of amides is 1. The monoisotopic (exact) mass is 237 g/mol. The van der Waals surface area contributed by atoms with E-state index in [1.54, 1.807) is 0 Å². The third kappa shape index (κ3) is 2.80. The third-order valence-electron chi connectivity index (χ3n) is 4.26. The Hall–Kier alpha value is -0.610. The number of nitrogens with one attached hydrogen (secondary N) is 2. The molecule has 2 unspecified atom stereocenters. The zero-order chi connectivity index (χ0) is 11.7. The standard InChI is InChI=1S/C13H23N3O/c17-13(12-3-1-2-7-14-12)15-10-6-8-16(9-10)11-4-5-11/h10-12,14H,1-9H2,(H,15,17). The van der Waals surface area contributed by atoms with Crippen molar-refractivity contribution in [3.63, 3.8) is 0 Å². The zero-order valence-electron chi connectivity index (χ0n) is 10.5. The minimum Gasteiger partial charge on any atom is -0.351 e. The van der Waals surface area contributed by atoms with Crippen molar-refractivity contribution in [3.8, 4) is 0 Å². The van der Waals surface area contributed by atoms with Crippen molar-refractivity contribution in [2.45, 2.75) is 56.7 Å². The highest BCUT2D eigenvalue weighted by Crippen LogP contribution is 2.29. The van der Waals surface area contributed by atoms with Crippen LogP contribution >= 0.6 is 0 Å². The molecule has 4 heteroatoms. The first-order valence-corrected chi connectivity index (χ1v) is 7.11. The highest BCUT2D eigenvalue weighted by molar-refractivity contribution is 5.82. The number of nitrogens with zero attached hydrogens (tertiary/aromatic N) is 1. The molecular weight excluding hydrogens is 214 g/mol. The van der Waals surface area contributed by atoms with Gasteiger partial charge >= 0.3 is 0 Å². The molecule has 0 aromatic heterocycles. The molecule has 1 saturated carbocycles. The minimum atomic E-state index is 0.0683. The van der Waals surface area contributed by atoms with Crippen LogP contribution in [0.2, 0.25) is 0 Å². The summed E-state index contributed by atoms with van der Waals surface area (Å²) in [6, 6.07) is 1.30.